The minimum Gasteiger partial charge on any atom is -0.495 e. The van der Waals surface area contributed by atoms with Gasteiger partial charge in [-0.1, -0.05) is 24.6 Å². The number of methoxy groups -OCH3 is 1. The van der Waals surface area contributed by atoms with Crippen molar-refractivity contribution in [2.45, 2.75) is 52.2 Å². The second kappa shape index (κ2) is 11.6. The summed E-state index contributed by atoms with van der Waals surface area (Å²) < 4.78 is 26.8. The van der Waals surface area contributed by atoms with E-state index in [0.717, 1.165) is 6.07 Å². The third-order valence-electron chi connectivity index (χ3n) is 5.80. The van der Waals surface area contributed by atoms with Crippen molar-refractivity contribution in [3.63, 3.8) is 0 Å². The van der Waals surface area contributed by atoms with E-state index in [0.29, 0.717) is 21.7 Å². The molecular formula is C29H28ClFN2O5. The van der Waals surface area contributed by atoms with Crippen LogP contribution in [0.25, 0.3) is 11.1 Å². The molecule has 3 aromatic rings. The largest absolute Gasteiger partial charge is 0.495 e. The molecule has 1 atom stereocenters. The third kappa shape index (κ3) is 6.48. The molecule has 7 nitrogen and oxygen atoms in total. The Bertz CT molecular complexity index is 1480. The van der Waals surface area contributed by atoms with Crippen molar-refractivity contribution in [3.05, 3.63) is 86.5 Å². The van der Waals surface area contributed by atoms with E-state index in [9.17, 15) is 24.0 Å². The van der Waals surface area contributed by atoms with E-state index in [1.165, 1.54) is 36.1 Å². The van der Waals surface area contributed by atoms with Crippen molar-refractivity contribution in [2.24, 2.45) is 0 Å². The summed E-state index contributed by atoms with van der Waals surface area (Å²) in [5, 5.41) is 9.88. The molecule has 0 amide bonds. The molecule has 0 bridgehead atoms. The van der Waals surface area contributed by atoms with Gasteiger partial charge >= 0.3 is 5.97 Å². The molecule has 0 aliphatic rings. The van der Waals surface area contributed by atoms with E-state index < -0.39 is 34.8 Å². The van der Waals surface area contributed by atoms with Crippen molar-refractivity contribution in [1.29, 1.82) is 5.26 Å². The zero-order chi connectivity index (χ0) is 28.2. The molecule has 0 N–H and O–H groups in total. The average molecular weight is 539 g/mol. The average Bonchev–Trinajstić information content (AvgIpc) is 2.85. The summed E-state index contributed by atoms with van der Waals surface area (Å²) in [7, 11) is 1.41. The predicted molar refractivity (Wildman–Crippen MR) is 142 cm³/mol. The molecule has 0 aliphatic carbocycles. The zero-order valence-corrected chi connectivity index (χ0v) is 22.6. The van der Waals surface area contributed by atoms with Gasteiger partial charge < -0.3 is 14.0 Å². The summed E-state index contributed by atoms with van der Waals surface area (Å²) in [4.78, 5) is 38.6. The summed E-state index contributed by atoms with van der Waals surface area (Å²) in [6, 6.07) is 11.0. The lowest BCUT2D eigenvalue weighted by atomic mass is 9.98. The molecular weight excluding hydrogens is 511 g/mol. The number of halogens is 2. The van der Waals surface area contributed by atoms with Crippen LogP contribution in [0, 0.1) is 17.1 Å². The van der Waals surface area contributed by atoms with Gasteiger partial charge in [-0.2, -0.15) is 5.26 Å². The van der Waals surface area contributed by atoms with Gasteiger partial charge in [0.1, 0.15) is 17.2 Å². The molecule has 0 fully saturated rings. The van der Waals surface area contributed by atoms with Gasteiger partial charge in [-0.15, -0.1) is 0 Å². The van der Waals surface area contributed by atoms with Crippen molar-refractivity contribution < 1.29 is 23.5 Å². The molecule has 38 heavy (non-hydrogen) atoms. The van der Waals surface area contributed by atoms with E-state index in [1.807, 2.05) is 0 Å². The van der Waals surface area contributed by atoms with Gasteiger partial charge in [0, 0.05) is 28.6 Å². The first kappa shape index (κ1) is 28.6. The Morgan fingerprint density at radius 1 is 1.13 bits per heavy atom. The number of hydrogen-bond donors (Lipinski definition) is 0. The molecule has 1 heterocycles. The van der Waals surface area contributed by atoms with Crippen LogP contribution >= 0.6 is 11.6 Å². The number of hydrogen-bond acceptors (Lipinski definition) is 6. The van der Waals surface area contributed by atoms with Crippen LogP contribution < -0.4 is 10.3 Å². The summed E-state index contributed by atoms with van der Waals surface area (Å²) in [5.41, 5.74) is -0.0103. The van der Waals surface area contributed by atoms with Gasteiger partial charge in [0.15, 0.2) is 5.78 Å². The van der Waals surface area contributed by atoms with Crippen LogP contribution in [0.3, 0.4) is 0 Å². The normalized spacial score (nSPS) is 11.9. The van der Waals surface area contributed by atoms with Gasteiger partial charge in [-0.25, -0.2) is 9.18 Å². The molecule has 1 unspecified atom stereocenters. The fourth-order valence-corrected chi connectivity index (χ4v) is 4.19. The maximum Gasteiger partial charge on any atom is 0.338 e. The van der Waals surface area contributed by atoms with Crippen molar-refractivity contribution in [2.75, 3.05) is 7.11 Å². The number of carbonyl (C=O) groups is 2. The van der Waals surface area contributed by atoms with Crippen LogP contribution in [0.1, 0.15) is 61.6 Å². The van der Waals surface area contributed by atoms with E-state index >= 15 is 0 Å². The van der Waals surface area contributed by atoms with Crippen LogP contribution in [-0.2, 0) is 16.0 Å². The van der Waals surface area contributed by atoms with E-state index in [-0.39, 0.29) is 29.7 Å². The smallest absolute Gasteiger partial charge is 0.338 e. The van der Waals surface area contributed by atoms with Crippen LogP contribution in [0.4, 0.5) is 4.39 Å². The molecule has 3 rings (SSSR count). The van der Waals surface area contributed by atoms with Gasteiger partial charge in [-0.3, -0.25) is 9.59 Å². The number of pyridine rings is 1. The van der Waals surface area contributed by atoms with E-state index in [2.05, 4.69) is 6.07 Å². The number of ether oxygens (including phenoxy) is 2. The first-order chi connectivity index (χ1) is 17.9. The summed E-state index contributed by atoms with van der Waals surface area (Å²) >= 11 is 6.12. The lowest BCUT2D eigenvalue weighted by Crippen LogP contribution is -2.30. The van der Waals surface area contributed by atoms with Crippen LogP contribution in [-0.4, -0.2) is 29.0 Å². The molecule has 0 radical (unpaired) electrons. The van der Waals surface area contributed by atoms with Gasteiger partial charge in [-0.05, 0) is 63.1 Å². The number of rotatable bonds is 8. The fourth-order valence-electron chi connectivity index (χ4n) is 4.02. The molecule has 1 aromatic heterocycles. The molecule has 2 aromatic carbocycles. The maximum absolute atomic E-state index is 14.8. The van der Waals surface area contributed by atoms with Crippen molar-refractivity contribution in [1.82, 2.24) is 4.57 Å². The molecule has 0 saturated carbocycles. The van der Waals surface area contributed by atoms with Gasteiger partial charge in [0.05, 0.1) is 36.5 Å². The fraction of sp³-hybridized carbons (Fsp3) is 0.310. The number of nitrogens with zero attached hydrogens (tertiary/aromatic N) is 2. The quantitative estimate of drug-likeness (QED) is 0.331. The van der Waals surface area contributed by atoms with Gasteiger partial charge in [0.2, 0.25) is 0 Å². The monoisotopic (exact) mass is 538 g/mol. The van der Waals surface area contributed by atoms with E-state index in [4.69, 9.17) is 21.1 Å². The second-order valence-corrected chi connectivity index (χ2v) is 10.1. The van der Waals surface area contributed by atoms with Crippen LogP contribution in [0.2, 0.25) is 5.02 Å². The molecule has 198 valence electrons. The number of Topliss-reactive ketones (excluding diaryl/α,β-unsaturated/α-hetero) is 1. The highest BCUT2D eigenvalue weighted by molar-refractivity contribution is 6.31. The Hall–Kier alpha value is -3.96. The number of nitriles is 1. The van der Waals surface area contributed by atoms with Gasteiger partial charge in [0.25, 0.3) is 5.56 Å². The Labute approximate surface area is 225 Å². The summed E-state index contributed by atoms with van der Waals surface area (Å²) in [5.74, 6) is -1.52. The number of ketones is 1. The Morgan fingerprint density at radius 2 is 1.84 bits per heavy atom. The lowest BCUT2D eigenvalue weighted by Gasteiger charge is -2.20. The molecule has 0 saturated heterocycles. The Kier molecular flexibility index (Phi) is 8.74. The summed E-state index contributed by atoms with van der Waals surface area (Å²) in [6.07, 6.45) is 1.38. The maximum atomic E-state index is 14.8. The highest BCUT2D eigenvalue weighted by Gasteiger charge is 2.25. The first-order valence-corrected chi connectivity index (χ1v) is 12.3. The highest BCUT2D eigenvalue weighted by Crippen LogP contribution is 2.33. The zero-order valence-electron chi connectivity index (χ0n) is 21.8. The van der Waals surface area contributed by atoms with Crippen LogP contribution in [0.15, 0.2) is 53.5 Å². The highest BCUT2D eigenvalue weighted by atomic mass is 35.5. The van der Waals surface area contributed by atoms with E-state index in [1.54, 1.807) is 45.9 Å². The first-order valence-electron chi connectivity index (χ1n) is 11.9. The third-order valence-corrected chi connectivity index (χ3v) is 6.04. The van der Waals surface area contributed by atoms with Crippen LogP contribution in [0.5, 0.6) is 5.75 Å². The molecule has 0 aliphatic heterocycles. The second-order valence-electron chi connectivity index (χ2n) is 9.68. The summed E-state index contributed by atoms with van der Waals surface area (Å²) in [6.45, 7) is 6.86. The predicted octanol–water partition coefficient (Wildman–Crippen LogP) is 5.91. The minimum absolute atomic E-state index is 0.0370. The topological polar surface area (TPSA) is 98.4 Å². The lowest BCUT2D eigenvalue weighted by molar-refractivity contribution is -0.121. The number of esters is 1. The molecule has 0 spiro atoms. The minimum atomic E-state index is -0.898. The standard InChI is InChI=1S/C29H28ClFN2O5/c1-6-24(25(34)12-17-7-8-18(11-23(17)31)28(36)38-29(2,3)4)33-16-26(37-5)22(14-27(33)35)21-13-20(30)10-9-19(21)15-32/h7-11,13-14,16,24H,6,12H2,1-5H3. The molecule has 9 heteroatoms. The number of carbonyl (C=O) groups excluding carboxylic acids is 2. The number of benzene rings is 2. The Balaban J connectivity index is 1.93. The Morgan fingerprint density at radius 3 is 2.42 bits per heavy atom. The van der Waals surface area contributed by atoms with Crippen molar-refractivity contribution >= 4 is 23.4 Å². The van der Waals surface area contributed by atoms with Crippen molar-refractivity contribution in [3.8, 4) is 22.9 Å². The SMILES string of the molecule is CCC(C(=O)Cc1ccc(C(=O)OC(C)(C)C)cc1F)n1cc(OC)c(-c2cc(Cl)ccc2C#N)cc1=O. The number of aromatic nitrogens is 1.